The number of nitro groups is 1. The number of nitro benzene ring substituents is 1. The maximum atomic E-state index is 12.0. The molecule has 0 aliphatic heterocycles. The van der Waals surface area contributed by atoms with Crippen molar-refractivity contribution in [1.29, 1.82) is 0 Å². The number of para-hydroxylation sites is 1. The fraction of sp³-hybridized carbons (Fsp3) is 0.211. The Morgan fingerprint density at radius 2 is 1.96 bits per heavy atom. The summed E-state index contributed by atoms with van der Waals surface area (Å²) in [5.74, 6) is 0.498. The highest BCUT2D eigenvalue weighted by Gasteiger charge is 2.12. The van der Waals surface area contributed by atoms with Gasteiger partial charge in [-0.1, -0.05) is 18.2 Å². The maximum absolute atomic E-state index is 12.0. The highest BCUT2D eigenvalue weighted by atomic mass is 16.6. The molecule has 0 aliphatic rings. The number of carbonyl (C=O) groups is 1. The second-order valence-corrected chi connectivity index (χ2v) is 5.17. The quantitative estimate of drug-likeness (QED) is 0.309. The third kappa shape index (κ3) is 5.07. The van der Waals surface area contributed by atoms with Crippen LogP contribution in [-0.4, -0.2) is 24.6 Å². The van der Waals surface area contributed by atoms with Crippen LogP contribution in [0.1, 0.15) is 18.1 Å². The summed E-state index contributed by atoms with van der Waals surface area (Å²) in [5.41, 5.74) is 1.07. The summed E-state index contributed by atoms with van der Waals surface area (Å²) < 4.78 is 15.8. The Morgan fingerprint density at radius 1 is 1.19 bits per heavy atom. The molecule has 0 fully saturated rings. The third-order valence-electron chi connectivity index (χ3n) is 3.46. The van der Waals surface area contributed by atoms with E-state index in [1.165, 1.54) is 31.4 Å². The highest BCUT2D eigenvalue weighted by Crippen LogP contribution is 2.25. The average molecular weight is 357 g/mol. The SMILES string of the molecule is CCOc1ccccc1/C=C/C(=O)OCc1cc([N+](=O)[O-])ccc1OC. The first kappa shape index (κ1) is 19.0. The van der Waals surface area contributed by atoms with Crippen molar-refractivity contribution in [2.75, 3.05) is 13.7 Å². The zero-order valence-corrected chi connectivity index (χ0v) is 14.5. The van der Waals surface area contributed by atoms with E-state index in [0.29, 0.717) is 23.7 Å². The van der Waals surface area contributed by atoms with Crippen LogP contribution >= 0.6 is 0 Å². The van der Waals surface area contributed by atoms with Gasteiger partial charge in [-0.3, -0.25) is 10.1 Å². The molecule has 0 aromatic heterocycles. The van der Waals surface area contributed by atoms with Gasteiger partial charge < -0.3 is 14.2 Å². The number of hydrogen-bond acceptors (Lipinski definition) is 6. The molecular weight excluding hydrogens is 338 g/mol. The number of carbonyl (C=O) groups excluding carboxylic acids is 1. The van der Waals surface area contributed by atoms with E-state index >= 15 is 0 Å². The van der Waals surface area contributed by atoms with Crippen molar-refractivity contribution >= 4 is 17.7 Å². The lowest BCUT2D eigenvalue weighted by Gasteiger charge is -2.08. The zero-order valence-electron chi connectivity index (χ0n) is 14.5. The van der Waals surface area contributed by atoms with Crippen molar-refractivity contribution in [2.24, 2.45) is 0 Å². The Hall–Kier alpha value is -3.35. The molecule has 0 aliphatic carbocycles. The molecule has 7 nitrogen and oxygen atoms in total. The second-order valence-electron chi connectivity index (χ2n) is 5.17. The zero-order chi connectivity index (χ0) is 18.9. The van der Waals surface area contributed by atoms with Crippen LogP contribution in [0.3, 0.4) is 0 Å². The van der Waals surface area contributed by atoms with Crippen molar-refractivity contribution in [2.45, 2.75) is 13.5 Å². The molecule has 0 saturated heterocycles. The van der Waals surface area contributed by atoms with Gasteiger partial charge in [-0.05, 0) is 25.1 Å². The molecule has 2 aromatic rings. The number of ether oxygens (including phenoxy) is 3. The van der Waals surface area contributed by atoms with E-state index in [0.717, 1.165) is 5.56 Å². The maximum Gasteiger partial charge on any atom is 0.331 e. The molecule has 0 unspecified atom stereocenters. The number of non-ortho nitro benzene ring substituents is 1. The monoisotopic (exact) mass is 357 g/mol. The number of hydrogen-bond donors (Lipinski definition) is 0. The van der Waals surface area contributed by atoms with Crippen LogP contribution in [0, 0.1) is 10.1 Å². The summed E-state index contributed by atoms with van der Waals surface area (Å²) in [4.78, 5) is 22.3. The largest absolute Gasteiger partial charge is 0.496 e. The van der Waals surface area contributed by atoms with Gasteiger partial charge in [0.2, 0.25) is 0 Å². The minimum atomic E-state index is -0.579. The lowest BCUT2D eigenvalue weighted by Crippen LogP contribution is -2.03. The summed E-state index contributed by atoms with van der Waals surface area (Å²) in [6.45, 7) is 2.25. The first-order valence-corrected chi connectivity index (χ1v) is 7.93. The first-order chi connectivity index (χ1) is 12.5. The first-order valence-electron chi connectivity index (χ1n) is 7.93. The van der Waals surface area contributed by atoms with E-state index in [2.05, 4.69) is 0 Å². The Balaban J connectivity index is 2.05. The fourth-order valence-corrected chi connectivity index (χ4v) is 2.25. The van der Waals surface area contributed by atoms with E-state index in [1.807, 2.05) is 31.2 Å². The summed E-state index contributed by atoms with van der Waals surface area (Å²) in [6, 6.07) is 11.4. The highest BCUT2D eigenvalue weighted by molar-refractivity contribution is 5.87. The molecule has 0 amide bonds. The number of esters is 1. The van der Waals surface area contributed by atoms with Crippen molar-refractivity contribution in [3.05, 3.63) is 69.8 Å². The summed E-state index contributed by atoms with van der Waals surface area (Å²) in [6.07, 6.45) is 2.87. The van der Waals surface area contributed by atoms with Gasteiger partial charge >= 0.3 is 5.97 Å². The molecular formula is C19H19NO6. The van der Waals surface area contributed by atoms with E-state index in [-0.39, 0.29) is 12.3 Å². The Kier molecular flexibility index (Phi) is 6.73. The minimum absolute atomic E-state index is 0.0990. The van der Waals surface area contributed by atoms with Gasteiger partial charge in [0, 0.05) is 29.3 Å². The number of methoxy groups -OCH3 is 1. The van der Waals surface area contributed by atoms with Gasteiger partial charge in [-0.2, -0.15) is 0 Å². The van der Waals surface area contributed by atoms with Gasteiger partial charge in [0.1, 0.15) is 18.1 Å². The molecule has 26 heavy (non-hydrogen) atoms. The van der Waals surface area contributed by atoms with Crippen LogP contribution in [0.15, 0.2) is 48.5 Å². The Morgan fingerprint density at radius 3 is 2.65 bits per heavy atom. The van der Waals surface area contributed by atoms with Crippen LogP contribution < -0.4 is 9.47 Å². The second kappa shape index (κ2) is 9.22. The van der Waals surface area contributed by atoms with E-state index < -0.39 is 10.9 Å². The molecule has 136 valence electrons. The third-order valence-corrected chi connectivity index (χ3v) is 3.46. The summed E-state index contributed by atoms with van der Waals surface area (Å²) in [7, 11) is 1.44. The van der Waals surface area contributed by atoms with E-state index in [9.17, 15) is 14.9 Å². The molecule has 0 N–H and O–H groups in total. The Bertz CT molecular complexity index is 815. The van der Waals surface area contributed by atoms with Crippen molar-refractivity contribution in [3.8, 4) is 11.5 Å². The molecule has 0 spiro atoms. The van der Waals surface area contributed by atoms with Gasteiger partial charge in [-0.25, -0.2) is 4.79 Å². The lowest BCUT2D eigenvalue weighted by molar-refractivity contribution is -0.385. The molecule has 2 aromatic carbocycles. The van der Waals surface area contributed by atoms with Crippen LogP contribution in [-0.2, 0) is 16.1 Å². The number of rotatable bonds is 8. The predicted molar refractivity (Wildman–Crippen MR) is 96.1 cm³/mol. The normalized spacial score (nSPS) is 10.5. The van der Waals surface area contributed by atoms with E-state index in [1.54, 1.807) is 6.08 Å². The summed E-state index contributed by atoms with van der Waals surface area (Å²) >= 11 is 0. The molecule has 0 bridgehead atoms. The fourth-order valence-electron chi connectivity index (χ4n) is 2.25. The van der Waals surface area contributed by atoms with Crippen LogP contribution in [0.2, 0.25) is 0 Å². The van der Waals surface area contributed by atoms with E-state index in [4.69, 9.17) is 14.2 Å². The average Bonchev–Trinajstić information content (AvgIpc) is 2.65. The van der Waals surface area contributed by atoms with Gasteiger partial charge in [-0.15, -0.1) is 0 Å². The predicted octanol–water partition coefficient (Wildman–Crippen LogP) is 3.76. The summed E-state index contributed by atoms with van der Waals surface area (Å²) in [5, 5.41) is 10.9. The molecule has 2 rings (SSSR count). The van der Waals surface area contributed by atoms with Crippen molar-refractivity contribution in [3.63, 3.8) is 0 Å². The molecule has 0 atom stereocenters. The number of nitrogens with zero attached hydrogens (tertiary/aromatic N) is 1. The topological polar surface area (TPSA) is 87.9 Å². The molecule has 0 radical (unpaired) electrons. The van der Waals surface area contributed by atoms with Crippen LogP contribution in [0.25, 0.3) is 6.08 Å². The smallest absolute Gasteiger partial charge is 0.331 e. The van der Waals surface area contributed by atoms with Gasteiger partial charge in [0.15, 0.2) is 0 Å². The standard InChI is InChI=1S/C19H19NO6/c1-3-25-18-7-5-4-6-14(18)8-11-19(21)26-13-15-12-16(20(22)23)9-10-17(15)24-2/h4-12H,3,13H2,1-2H3/b11-8+. The van der Waals surface area contributed by atoms with Crippen molar-refractivity contribution in [1.82, 2.24) is 0 Å². The molecule has 0 heterocycles. The van der Waals surface area contributed by atoms with Crippen molar-refractivity contribution < 1.29 is 23.9 Å². The van der Waals surface area contributed by atoms with Crippen LogP contribution in [0.5, 0.6) is 11.5 Å². The number of benzene rings is 2. The van der Waals surface area contributed by atoms with Gasteiger partial charge in [0.25, 0.3) is 5.69 Å². The van der Waals surface area contributed by atoms with Crippen LogP contribution in [0.4, 0.5) is 5.69 Å². The minimum Gasteiger partial charge on any atom is -0.496 e. The Labute approximate surface area is 151 Å². The molecule has 0 saturated carbocycles. The lowest BCUT2D eigenvalue weighted by atomic mass is 10.2. The van der Waals surface area contributed by atoms with Gasteiger partial charge in [0.05, 0.1) is 18.6 Å². The molecule has 7 heteroatoms.